The van der Waals surface area contributed by atoms with Crippen molar-refractivity contribution in [2.75, 3.05) is 10.6 Å². The molecule has 0 fully saturated rings. The minimum Gasteiger partial charge on any atom is -0.478 e. The molecular weight excluding hydrogens is 428 g/mol. The van der Waals surface area contributed by atoms with Gasteiger partial charge in [-0.3, -0.25) is 4.79 Å². The number of anilines is 3. The van der Waals surface area contributed by atoms with E-state index in [4.69, 9.17) is 16.3 Å². The number of nitrogens with one attached hydrogen (secondary N) is 2. The molecule has 0 unspecified atom stereocenters. The monoisotopic (exact) mass is 448 g/mol. The highest BCUT2D eigenvalue weighted by molar-refractivity contribution is 6.30. The first kappa shape index (κ1) is 21.3. The maximum atomic E-state index is 12.7. The second kappa shape index (κ2) is 9.07. The molecule has 0 saturated heterocycles. The lowest BCUT2D eigenvalue weighted by Crippen LogP contribution is -2.42. The van der Waals surface area contributed by atoms with Gasteiger partial charge in [-0.05, 0) is 68.4 Å². The second-order valence-corrected chi connectivity index (χ2v) is 7.87. The number of hydrogen-bond donors (Lipinski definition) is 2. The number of carbonyl (C=O) groups excluding carboxylic acids is 1. The minimum absolute atomic E-state index is 0.271. The van der Waals surface area contributed by atoms with Crippen LogP contribution in [-0.4, -0.2) is 31.3 Å². The first-order valence-electron chi connectivity index (χ1n) is 9.84. The number of nitrogens with zero attached hydrogens (tertiary/aromatic N) is 4. The predicted octanol–water partition coefficient (Wildman–Crippen LogP) is 4.86. The molecule has 1 amide bonds. The van der Waals surface area contributed by atoms with Gasteiger partial charge in [-0.2, -0.15) is 5.10 Å². The van der Waals surface area contributed by atoms with Crippen LogP contribution in [0.2, 0.25) is 5.02 Å². The van der Waals surface area contributed by atoms with Crippen LogP contribution in [0.1, 0.15) is 13.8 Å². The number of ether oxygens (including phenoxy) is 1. The Hall–Kier alpha value is -3.91. The summed E-state index contributed by atoms with van der Waals surface area (Å²) in [5.74, 6) is 1.57. The van der Waals surface area contributed by atoms with Crippen molar-refractivity contribution in [3.8, 4) is 11.6 Å². The molecule has 8 nitrogen and oxygen atoms in total. The van der Waals surface area contributed by atoms with Crippen molar-refractivity contribution in [1.29, 1.82) is 0 Å². The van der Waals surface area contributed by atoms with E-state index in [1.165, 1.54) is 6.33 Å². The van der Waals surface area contributed by atoms with E-state index in [0.717, 1.165) is 5.69 Å². The van der Waals surface area contributed by atoms with Crippen molar-refractivity contribution in [2.45, 2.75) is 19.4 Å². The second-order valence-electron chi connectivity index (χ2n) is 7.43. The Bertz CT molecular complexity index is 1190. The molecular formula is C23H21ClN6O2. The number of hydrogen-bond acceptors (Lipinski definition) is 6. The van der Waals surface area contributed by atoms with Gasteiger partial charge in [-0.1, -0.05) is 11.6 Å². The van der Waals surface area contributed by atoms with Crippen LogP contribution in [0.3, 0.4) is 0 Å². The summed E-state index contributed by atoms with van der Waals surface area (Å²) < 4.78 is 7.48. The van der Waals surface area contributed by atoms with Crippen LogP contribution in [0.5, 0.6) is 5.75 Å². The number of amides is 1. The van der Waals surface area contributed by atoms with Gasteiger partial charge in [0.25, 0.3) is 5.91 Å². The van der Waals surface area contributed by atoms with Gasteiger partial charge in [-0.25, -0.2) is 14.6 Å². The summed E-state index contributed by atoms with van der Waals surface area (Å²) >= 11 is 5.90. The van der Waals surface area contributed by atoms with Gasteiger partial charge in [0.2, 0.25) is 0 Å². The van der Waals surface area contributed by atoms with Crippen LogP contribution in [0, 0.1) is 0 Å². The van der Waals surface area contributed by atoms with Gasteiger partial charge in [0.1, 0.15) is 17.9 Å². The van der Waals surface area contributed by atoms with Crippen molar-refractivity contribution >= 4 is 34.7 Å². The highest BCUT2D eigenvalue weighted by Crippen LogP contribution is 2.23. The average Bonchev–Trinajstić information content (AvgIpc) is 3.32. The van der Waals surface area contributed by atoms with Crippen LogP contribution in [0.15, 0.2) is 79.4 Å². The number of halogens is 1. The zero-order chi connectivity index (χ0) is 22.6. The minimum atomic E-state index is -1.07. The zero-order valence-corrected chi connectivity index (χ0v) is 18.2. The molecule has 162 valence electrons. The average molecular weight is 449 g/mol. The lowest BCUT2D eigenvalue weighted by atomic mass is 10.1. The smallest absolute Gasteiger partial charge is 0.267 e. The Morgan fingerprint density at radius 2 is 1.75 bits per heavy atom. The van der Waals surface area contributed by atoms with Gasteiger partial charge in [0.15, 0.2) is 11.4 Å². The van der Waals surface area contributed by atoms with E-state index in [0.29, 0.717) is 28.1 Å². The summed E-state index contributed by atoms with van der Waals surface area (Å²) in [7, 11) is 0. The lowest BCUT2D eigenvalue weighted by Gasteiger charge is -2.25. The molecule has 2 aromatic carbocycles. The SMILES string of the molecule is CC(C)(Oc1ccc(Cl)cc1)C(=O)Nc1ccc(Nc2cc(-n3cccn3)ncn2)cc1. The molecule has 0 saturated carbocycles. The van der Waals surface area contributed by atoms with E-state index < -0.39 is 5.60 Å². The van der Waals surface area contributed by atoms with Crippen LogP contribution in [0.4, 0.5) is 17.2 Å². The van der Waals surface area contributed by atoms with Gasteiger partial charge < -0.3 is 15.4 Å². The molecule has 4 rings (SSSR count). The summed E-state index contributed by atoms with van der Waals surface area (Å²) in [4.78, 5) is 21.2. The highest BCUT2D eigenvalue weighted by atomic mass is 35.5. The van der Waals surface area contributed by atoms with E-state index in [1.54, 1.807) is 67.2 Å². The van der Waals surface area contributed by atoms with Gasteiger partial charge in [0, 0.05) is 34.9 Å². The van der Waals surface area contributed by atoms with Gasteiger partial charge in [-0.15, -0.1) is 0 Å². The summed E-state index contributed by atoms with van der Waals surface area (Å²) in [5.41, 5.74) is 0.382. The van der Waals surface area contributed by atoms with Crippen LogP contribution >= 0.6 is 11.6 Å². The topological polar surface area (TPSA) is 94.0 Å². The molecule has 0 aliphatic rings. The Kier molecular flexibility index (Phi) is 6.04. The third kappa shape index (κ3) is 5.22. The summed E-state index contributed by atoms with van der Waals surface area (Å²) in [5, 5.41) is 10.9. The maximum absolute atomic E-state index is 12.7. The molecule has 32 heavy (non-hydrogen) atoms. The first-order valence-corrected chi connectivity index (χ1v) is 10.2. The third-order valence-electron chi connectivity index (χ3n) is 4.54. The van der Waals surface area contributed by atoms with E-state index in [1.807, 2.05) is 24.4 Å². The fourth-order valence-corrected chi connectivity index (χ4v) is 2.98. The standard InChI is InChI=1S/C23H21ClN6O2/c1-23(2,32-19-10-4-16(24)5-11-19)22(31)29-18-8-6-17(7-9-18)28-20-14-21(26-15-25-20)30-13-3-12-27-30/h3-15H,1-2H3,(H,29,31)(H,25,26,28). The lowest BCUT2D eigenvalue weighted by molar-refractivity contribution is -0.128. The van der Waals surface area contributed by atoms with Crippen molar-refractivity contribution < 1.29 is 9.53 Å². The Morgan fingerprint density at radius 3 is 2.44 bits per heavy atom. The third-order valence-corrected chi connectivity index (χ3v) is 4.79. The van der Waals surface area contributed by atoms with Crippen molar-refractivity contribution in [3.63, 3.8) is 0 Å². The van der Waals surface area contributed by atoms with Crippen LogP contribution < -0.4 is 15.4 Å². The Morgan fingerprint density at radius 1 is 1.03 bits per heavy atom. The van der Waals surface area contributed by atoms with Crippen molar-refractivity contribution in [1.82, 2.24) is 19.7 Å². The molecule has 0 aliphatic carbocycles. The van der Waals surface area contributed by atoms with Gasteiger partial charge >= 0.3 is 0 Å². The predicted molar refractivity (Wildman–Crippen MR) is 124 cm³/mol. The molecule has 0 radical (unpaired) electrons. The van der Waals surface area contributed by atoms with Crippen LogP contribution in [-0.2, 0) is 4.79 Å². The first-order chi connectivity index (χ1) is 15.4. The molecule has 0 atom stereocenters. The van der Waals surface area contributed by atoms with E-state index in [-0.39, 0.29) is 5.91 Å². The fraction of sp³-hybridized carbons (Fsp3) is 0.130. The molecule has 2 aromatic heterocycles. The summed E-state index contributed by atoms with van der Waals surface area (Å²) in [6.07, 6.45) is 4.96. The highest BCUT2D eigenvalue weighted by Gasteiger charge is 2.30. The largest absolute Gasteiger partial charge is 0.478 e. The molecule has 2 heterocycles. The zero-order valence-electron chi connectivity index (χ0n) is 17.5. The Balaban J connectivity index is 1.39. The molecule has 0 spiro atoms. The van der Waals surface area contributed by atoms with E-state index >= 15 is 0 Å². The van der Waals surface area contributed by atoms with Crippen molar-refractivity contribution in [2.24, 2.45) is 0 Å². The molecule has 4 aromatic rings. The number of aromatic nitrogens is 4. The number of rotatable bonds is 7. The maximum Gasteiger partial charge on any atom is 0.267 e. The normalized spacial score (nSPS) is 11.1. The summed E-state index contributed by atoms with van der Waals surface area (Å²) in [6.45, 7) is 3.42. The number of carbonyl (C=O) groups is 1. The quantitative estimate of drug-likeness (QED) is 0.419. The van der Waals surface area contributed by atoms with E-state index in [9.17, 15) is 4.79 Å². The molecule has 0 bridgehead atoms. The van der Waals surface area contributed by atoms with Crippen molar-refractivity contribution in [3.05, 3.63) is 84.4 Å². The van der Waals surface area contributed by atoms with E-state index in [2.05, 4.69) is 25.7 Å². The van der Waals surface area contributed by atoms with Crippen LogP contribution in [0.25, 0.3) is 5.82 Å². The molecule has 2 N–H and O–H groups in total. The Labute approximate surface area is 190 Å². The molecule has 9 heteroatoms. The summed E-state index contributed by atoms with van der Waals surface area (Å²) in [6, 6.07) is 17.8. The number of benzene rings is 2. The fourth-order valence-electron chi connectivity index (χ4n) is 2.86. The van der Waals surface area contributed by atoms with Gasteiger partial charge in [0.05, 0.1) is 0 Å². The molecule has 0 aliphatic heterocycles.